The predicted molar refractivity (Wildman–Crippen MR) is 79.6 cm³/mol. The molecule has 1 saturated heterocycles. The maximum atomic E-state index is 13.7. The summed E-state index contributed by atoms with van der Waals surface area (Å²) in [6.07, 6.45) is 3.31. The van der Waals surface area contributed by atoms with Crippen molar-refractivity contribution >= 4 is 12.4 Å². The van der Waals surface area contributed by atoms with Gasteiger partial charge >= 0.3 is 5.97 Å². The number of carbonyl (C=O) groups excluding carboxylic acids is 2. The third kappa shape index (κ3) is 3.39. The predicted octanol–water partition coefficient (Wildman–Crippen LogP) is 1.79. The highest BCUT2D eigenvalue weighted by molar-refractivity contribution is 5.87. The van der Waals surface area contributed by atoms with Gasteiger partial charge in [-0.3, -0.25) is 4.79 Å². The van der Waals surface area contributed by atoms with Gasteiger partial charge in [0, 0.05) is 32.1 Å². The molecule has 1 fully saturated rings. The second-order valence-electron chi connectivity index (χ2n) is 5.34. The Hall–Kier alpha value is -2.70. The lowest BCUT2D eigenvalue weighted by atomic mass is 10.1. The van der Waals surface area contributed by atoms with Gasteiger partial charge in [0.2, 0.25) is 6.41 Å². The Bertz CT molecular complexity index is 708. The van der Waals surface area contributed by atoms with Crippen LogP contribution in [0.4, 0.5) is 4.39 Å². The summed E-state index contributed by atoms with van der Waals surface area (Å²) in [4.78, 5) is 24.4. The minimum absolute atomic E-state index is 0.131. The molecule has 23 heavy (non-hydrogen) atoms. The van der Waals surface area contributed by atoms with Crippen LogP contribution in [0.25, 0.3) is 5.69 Å². The molecule has 0 bridgehead atoms. The highest BCUT2D eigenvalue weighted by Gasteiger charge is 2.23. The molecule has 0 radical (unpaired) electrons. The molecular formula is C16H16FN3O3. The molecule has 0 N–H and O–H groups in total. The standard InChI is InChI=1S/C16H16FN3O3/c17-13-3-1-2-4-15(13)20-10-7-14(18-20)16(22)23-12-5-8-19(11-21)9-6-12/h1-4,7,10-12H,5-6,8-9H2. The highest BCUT2D eigenvalue weighted by atomic mass is 19.1. The zero-order valence-electron chi connectivity index (χ0n) is 12.4. The zero-order chi connectivity index (χ0) is 16.2. The normalized spacial score (nSPS) is 15.4. The number of hydrogen-bond donors (Lipinski definition) is 0. The summed E-state index contributed by atoms with van der Waals surface area (Å²) >= 11 is 0. The number of esters is 1. The number of hydrogen-bond acceptors (Lipinski definition) is 4. The number of amides is 1. The topological polar surface area (TPSA) is 64.4 Å². The number of ether oxygens (including phenoxy) is 1. The first-order valence-electron chi connectivity index (χ1n) is 7.38. The SMILES string of the molecule is O=CN1CCC(OC(=O)c2ccn(-c3ccccc3F)n2)CC1. The summed E-state index contributed by atoms with van der Waals surface area (Å²) in [5.74, 6) is -0.957. The van der Waals surface area contributed by atoms with E-state index >= 15 is 0 Å². The number of benzene rings is 1. The Morgan fingerprint density at radius 1 is 1.26 bits per heavy atom. The van der Waals surface area contributed by atoms with Crippen molar-refractivity contribution in [1.82, 2.24) is 14.7 Å². The van der Waals surface area contributed by atoms with Crippen molar-refractivity contribution in [3.05, 3.63) is 48.0 Å². The van der Waals surface area contributed by atoms with Crippen molar-refractivity contribution in [3.63, 3.8) is 0 Å². The van der Waals surface area contributed by atoms with Gasteiger partial charge in [-0.05, 0) is 18.2 Å². The molecular weight excluding hydrogens is 301 g/mol. The molecule has 0 spiro atoms. The average molecular weight is 317 g/mol. The lowest BCUT2D eigenvalue weighted by molar-refractivity contribution is -0.120. The number of likely N-dealkylation sites (tertiary alicyclic amines) is 1. The van der Waals surface area contributed by atoms with Crippen LogP contribution in [0.1, 0.15) is 23.3 Å². The van der Waals surface area contributed by atoms with E-state index in [9.17, 15) is 14.0 Å². The highest BCUT2D eigenvalue weighted by Crippen LogP contribution is 2.16. The number of nitrogens with zero attached hydrogens (tertiary/aromatic N) is 3. The molecule has 3 rings (SSSR count). The largest absolute Gasteiger partial charge is 0.457 e. The smallest absolute Gasteiger partial charge is 0.359 e. The van der Waals surface area contributed by atoms with Crippen molar-refractivity contribution < 1.29 is 18.7 Å². The molecule has 120 valence electrons. The van der Waals surface area contributed by atoms with E-state index in [0.717, 1.165) is 6.41 Å². The lowest BCUT2D eigenvalue weighted by Gasteiger charge is -2.28. The lowest BCUT2D eigenvalue weighted by Crippen LogP contribution is -2.37. The monoisotopic (exact) mass is 317 g/mol. The third-order valence-electron chi connectivity index (χ3n) is 3.80. The van der Waals surface area contributed by atoms with Gasteiger partial charge in [-0.1, -0.05) is 12.1 Å². The van der Waals surface area contributed by atoms with Crippen LogP contribution in [0.15, 0.2) is 36.5 Å². The van der Waals surface area contributed by atoms with E-state index in [1.807, 2.05) is 0 Å². The first-order valence-corrected chi connectivity index (χ1v) is 7.38. The third-order valence-corrected chi connectivity index (χ3v) is 3.80. The summed E-state index contributed by atoms with van der Waals surface area (Å²) in [5.41, 5.74) is 0.400. The molecule has 1 aromatic carbocycles. The molecule has 1 aliphatic rings. The first-order chi connectivity index (χ1) is 11.2. The van der Waals surface area contributed by atoms with Crippen LogP contribution in [0.3, 0.4) is 0 Å². The Labute approximate surface area is 132 Å². The van der Waals surface area contributed by atoms with Gasteiger partial charge < -0.3 is 9.64 Å². The fourth-order valence-electron chi connectivity index (χ4n) is 2.52. The average Bonchev–Trinajstić information content (AvgIpc) is 3.06. The number of halogens is 1. The van der Waals surface area contributed by atoms with Crippen LogP contribution in [0, 0.1) is 5.82 Å². The summed E-state index contributed by atoms with van der Waals surface area (Å²) in [5, 5.41) is 4.07. The fourth-order valence-corrected chi connectivity index (χ4v) is 2.52. The molecule has 1 aliphatic heterocycles. The summed E-state index contributed by atoms with van der Waals surface area (Å²) in [6.45, 7) is 1.15. The fraction of sp³-hybridized carbons (Fsp3) is 0.312. The van der Waals surface area contributed by atoms with Gasteiger partial charge in [0.15, 0.2) is 5.69 Å². The summed E-state index contributed by atoms with van der Waals surface area (Å²) in [6, 6.07) is 7.68. The van der Waals surface area contributed by atoms with Crippen LogP contribution in [-0.4, -0.2) is 46.3 Å². The number of para-hydroxylation sites is 1. The second kappa shape index (κ2) is 6.60. The van der Waals surface area contributed by atoms with E-state index in [1.165, 1.54) is 23.0 Å². The maximum Gasteiger partial charge on any atom is 0.359 e. The molecule has 0 atom stereocenters. The first kappa shape index (κ1) is 15.2. The summed E-state index contributed by atoms with van der Waals surface area (Å²) < 4.78 is 20.4. The van der Waals surface area contributed by atoms with Gasteiger partial charge in [-0.15, -0.1) is 0 Å². The van der Waals surface area contributed by atoms with Crippen LogP contribution < -0.4 is 0 Å². The van der Waals surface area contributed by atoms with Crippen molar-refractivity contribution in [3.8, 4) is 5.69 Å². The number of rotatable bonds is 4. The maximum absolute atomic E-state index is 13.7. The van der Waals surface area contributed by atoms with Crippen molar-refractivity contribution in [2.75, 3.05) is 13.1 Å². The Kier molecular flexibility index (Phi) is 4.36. The number of aromatic nitrogens is 2. The minimum Gasteiger partial charge on any atom is -0.457 e. The van der Waals surface area contributed by atoms with Gasteiger partial charge in [-0.2, -0.15) is 5.10 Å². The van der Waals surface area contributed by atoms with Gasteiger partial charge in [0.25, 0.3) is 0 Å². The molecule has 2 heterocycles. The van der Waals surface area contributed by atoms with Crippen LogP contribution >= 0.6 is 0 Å². The van der Waals surface area contributed by atoms with Gasteiger partial charge in [0.1, 0.15) is 17.6 Å². The quantitative estimate of drug-likeness (QED) is 0.637. The second-order valence-corrected chi connectivity index (χ2v) is 5.34. The molecule has 6 nitrogen and oxygen atoms in total. The molecule has 1 amide bonds. The van der Waals surface area contributed by atoms with E-state index in [-0.39, 0.29) is 17.5 Å². The molecule has 0 saturated carbocycles. The van der Waals surface area contributed by atoms with Crippen molar-refractivity contribution in [2.45, 2.75) is 18.9 Å². The van der Waals surface area contributed by atoms with Crippen molar-refractivity contribution in [2.24, 2.45) is 0 Å². The van der Waals surface area contributed by atoms with Gasteiger partial charge in [0.05, 0.1) is 0 Å². The Morgan fingerprint density at radius 3 is 2.70 bits per heavy atom. The molecule has 1 aromatic heterocycles. The Morgan fingerprint density at radius 2 is 2.00 bits per heavy atom. The zero-order valence-corrected chi connectivity index (χ0v) is 12.4. The van der Waals surface area contributed by atoms with E-state index in [4.69, 9.17) is 4.74 Å². The van der Waals surface area contributed by atoms with Gasteiger partial charge in [-0.25, -0.2) is 13.9 Å². The molecule has 0 aliphatic carbocycles. The molecule has 0 unspecified atom stereocenters. The van der Waals surface area contributed by atoms with Crippen LogP contribution in [-0.2, 0) is 9.53 Å². The van der Waals surface area contributed by atoms with Crippen LogP contribution in [0.2, 0.25) is 0 Å². The minimum atomic E-state index is -0.537. The van der Waals surface area contributed by atoms with Crippen molar-refractivity contribution in [1.29, 1.82) is 0 Å². The molecule has 7 heteroatoms. The number of carbonyl (C=O) groups is 2. The van der Waals surface area contributed by atoms with E-state index in [1.54, 1.807) is 23.1 Å². The van der Waals surface area contributed by atoms with E-state index in [2.05, 4.69) is 5.10 Å². The van der Waals surface area contributed by atoms with E-state index in [0.29, 0.717) is 25.9 Å². The molecule has 2 aromatic rings. The summed E-state index contributed by atoms with van der Waals surface area (Å²) in [7, 11) is 0. The number of piperidine rings is 1. The van der Waals surface area contributed by atoms with E-state index < -0.39 is 11.8 Å². The van der Waals surface area contributed by atoms with Crippen LogP contribution in [0.5, 0.6) is 0 Å². The Balaban J connectivity index is 1.65.